The molecule has 0 amide bonds. The molecule has 0 saturated heterocycles. The summed E-state index contributed by atoms with van der Waals surface area (Å²) < 4.78 is 9.70. The standard InChI is InChI=1S/C56H40B2N6O3S2/c1-60-51(56-62-46-31-36(35-65)23-29-48(46)69-56)54-50-45(34-63(54)57(38-15-7-3-8-16-38)39-17-9-4-10-18-39)53(44(33-59)55-61-47-32-43(67-2)28-30-49(47)68-55)64(52(50)37-24-26-42(66)27-25-37)58(40-19-11-5-12-20-40)41-21-13-6-14-22-41/h3-32,34,51,54,65-66H,35H2,2H3/b53-44-. The average Bonchev–Trinajstić information content (AvgIpc) is 4.18. The van der Waals surface area contributed by atoms with E-state index in [1.54, 1.807) is 19.2 Å². The van der Waals surface area contributed by atoms with Crippen molar-refractivity contribution >= 4 is 90.4 Å². The van der Waals surface area contributed by atoms with Crippen molar-refractivity contribution in [3.05, 3.63) is 225 Å². The molecule has 69 heavy (non-hydrogen) atoms. The molecule has 2 atom stereocenters. The summed E-state index contributed by atoms with van der Waals surface area (Å²) in [7, 11) is 1.63. The maximum atomic E-state index is 11.8. The van der Waals surface area contributed by atoms with Crippen molar-refractivity contribution in [2.75, 3.05) is 7.11 Å². The third kappa shape index (κ3) is 7.83. The monoisotopic (exact) mass is 930 g/mol. The van der Waals surface area contributed by atoms with Gasteiger partial charge in [0.15, 0.2) is 5.01 Å². The molecule has 0 aliphatic carbocycles. The number of aliphatic hydroxyl groups is 1. The van der Waals surface area contributed by atoms with E-state index in [9.17, 15) is 22.0 Å². The van der Waals surface area contributed by atoms with Gasteiger partial charge in [-0.3, -0.25) is 0 Å². The van der Waals surface area contributed by atoms with Gasteiger partial charge in [0.1, 0.15) is 34.2 Å². The molecule has 1 aliphatic rings. The van der Waals surface area contributed by atoms with Crippen LogP contribution in [0.4, 0.5) is 0 Å². The number of aliphatic hydroxyl groups excluding tert-OH is 1. The number of thiazole rings is 2. The summed E-state index contributed by atoms with van der Waals surface area (Å²) in [5.74, 6) is 0.775. The molecule has 0 radical (unpaired) electrons. The number of benzene rings is 7. The van der Waals surface area contributed by atoms with Crippen molar-refractivity contribution in [1.29, 1.82) is 5.26 Å². The van der Waals surface area contributed by atoms with Crippen LogP contribution in [0.3, 0.4) is 0 Å². The van der Waals surface area contributed by atoms with Crippen LogP contribution in [0.1, 0.15) is 33.2 Å². The highest BCUT2D eigenvalue weighted by molar-refractivity contribution is 7.19. The number of hydrogen-bond donors (Lipinski definition) is 2. The molecule has 10 aromatic rings. The summed E-state index contributed by atoms with van der Waals surface area (Å²) in [6, 6.07) is 61.1. The summed E-state index contributed by atoms with van der Waals surface area (Å²) in [6.45, 7) is 8.25. The molecule has 4 heterocycles. The number of ether oxygens (including phenoxy) is 1. The summed E-state index contributed by atoms with van der Waals surface area (Å²) in [6.07, 6.45) is 2.16. The first kappa shape index (κ1) is 43.4. The Morgan fingerprint density at radius 1 is 0.739 bits per heavy atom. The van der Waals surface area contributed by atoms with E-state index in [2.05, 4.69) is 74.9 Å². The highest BCUT2D eigenvalue weighted by atomic mass is 32.1. The van der Waals surface area contributed by atoms with Gasteiger partial charge in [0.2, 0.25) is 0 Å². The molecule has 0 fully saturated rings. The second kappa shape index (κ2) is 18.5. The van der Waals surface area contributed by atoms with Gasteiger partial charge in [0.05, 0.1) is 39.5 Å². The topological polar surface area (TPSA) is 112 Å². The van der Waals surface area contributed by atoms with Crippen LogP contribution in [-0.2, 0) is 6.61 Å². The van der Waals surface area contributed by atoms with Crippen molar-refractivity contribution < 1.29 is 14.9 Å². The first-order valence-electron chi connectivity index (χ1n) is 22.4. The van der Waals surface area contributed by atoms with Gasteiger partial charge in [-0.25, -0.2) is 16.5 Å². The summed E-state index contributed by atoms with van der Waals surface area (Å²) in [4.78, 5) is 17.2. The van der Waals surface area contributed by atoms with Crippen LogP contribution in [-0.4, -0.2) is 50.3 Å². The summed E-state index contributed by atoms with van der Waals surface area (Å²) in [5.41, 5.74) is 8.96. The van der Waals surface area contributed by atoms with Gasteiger partial charge in [-0.1, -0.05) is 149 Å². The molecule has 2 N–H and O–H groups in total. The molecule has 11 rings (SSSR count). The number of methoxy groups -OCH3 is 1. The van der Waals surface area contributed by atoms with E-state index in [0.29, 0.717) is 37.7 Å². The Bertz CT molecular complexity index is 3640. The number of aromatic hydroxyl groups is 1. The highest BCUT2D eigenvalue weighted by Gasteiger charge is 2.48. The third-order valence-electron chi connectivity index (χ3n) is 12.8. The lowest BCUT2D eigenvalue weighted by molar-refractivity contribution is 0.282. The largest absolute Gasteiger partial charge is 0.508 e. The highest BCUT2D eigenvalue weighted by Crippen LogP contribution is 2.45. The van der Waals surface area contributed by atoms with E-state index in [0.717, 1.165) is 58.9 Å². The molecule has 13 heteroatoms. The van der Waals surface area contributed by atoms with Crippen LogP contribution < -0.4 is 37.2 Å². The van der Waals surface area contributed by atoms with Crippen LogP contribution in [0.5, 0.6) is 11.5 Å². The molecule has 330 valence electrons. The van der Waals surface area contributed by atoms with Gasteiger partial charge in [-0.15, -0.1) is 22.7 Å². The summed E-state index contributed by atoms with van der Waals surface area (Å²) >= 11 is 2.93. The number of hydrogen-bond acceptors (Lipinski definition) is 9. The Labute approximate surface area is 407 Å². The molecule has 0 saturated carbocycles. The minimum Gasteiger partial charge on any atom is -0.508 e. The van der Waals surface area contributed by atoms with Crippen molar-refractivity contribution in [2.45, 2.75) is 18.7 Å². The smallest absolute Gasteiger partial charge is 0.328 e. The zero-order valence-corrected chi connectivity index (χ0v) is 38.8. The van der Waals surface area contributed by atoms with Crippen molar-refractivity contribution in [2.24, 2.45) is 0 Å². The van der Waals surface area contributed by atoms with Crippen molar-refractivity contribution in [1.82, 2.24) is 19.3 Å². The van der Waals surface area contributed by atoms with Gasteiger partial charge in [0.25, 0.3) is 6.04 Å². The number of nitriles is 1. The molecule has 0 bridgehead atoms. The number of phenolic OH excluding ortho intramolecular Hbond substituents is 1. The van der Waals surface area contributed by atoms with E-state index >= 15 is 0 Å². The van der Waals surface area contributed by atoms with Gasteiger partial charge in [-0.05, 0) is 65.9 Å². The Morgan fingerprint density at radius 3 is 1.87 bits per heavy atom. The van der Waals surface area contributed by atoms with Crippen LogP contribution >= 0.6 is 22.7 Å². The molecular formula is C56H40B2N6O3S2. The lowest BCUT2D eigenvalue weighted by Crippen LogP contribution is -2.56. The van der Waals surface area contributed by atoms with E-state index < -0.39 is 25.8 Å². The van der Waals surface area contributed by atoms with Crippen LogP contribution in [0, 0.1) is 17.9 Å². The third-order valence-corrected chi connectivity index (χ3v) is 15.0. The van der Waals surface area contributed by atoms with Crippen LogP contribution in [0.25, 0.3) is 48.3 Å². The van der Waals surface area contributed by atoms with Gasteiger partial charge in [-0.2, -0.15) is 5.26 Å². The molecule has 3 aromatic heterocycles. The number of rotatable bonds is 12. The van der Waals surface area contributed by atoms with Crippen LogP contribution in [0.2, 0.25) is 0 Å². The Hall–Kier alpha value is -8.19. The van der Waals surface area contributed by atoms with Crippen molar-refractivity contribution in [3.8, 4) is 28.8 Å². The number of nitrogens with zero attached hydrogens (tertiary/aromatic N) is 6. The minimum atomic E-state index is -0.862. The second-order valence-corrected chi connectivity index (χ2v) is 18.9. The lowest BCUT2D eigenvalue weighted by Gasteiger charge is -2.34. The molecule has 0 spiro atoms. The average molecular weight is 931 g/mol. The number of aromatic nitrogens is 3. The molecule has 7 aromatic carbocycles. The fourth-order valence-electron chi connectivity index (χ4n) is 9.81. The van der Waals surface area contributed by atoms with Crippen molar-refractivity contribution in [3.63, 3.8) is 0 Å². The first-order chi connectivity index (χ1) is 34.0. The van der Waals surface area contributed by atoms with E-state index in [4.69, 9.17) is 14.7 Å². The molecular weight excluding hydrogens is 890 g/mol. The zero-order chi connectivity index (χ0) is 47.0. The zero-order valence-electron chi connectivity index (χ0n) is 37.2. The predicted molar refractivity (Wildman–Crippen MR) is 280 cm³/mol. The SMILES string of the molecule is [C-]#[N+]C(c1nc2cc(CO)ccc2s1)C1c2c(-c3ccc(O)cc3)n(B(c3ccccc3)c3ccccc3)/c(=C(/C#N)c3nc4cc(OC)ccc4s3)c2=CN1B(c1ccccc1)c1ccccc1. The van der Waals surface area contributed by atoms with E-state index in [1.165, 1.54) is 22.7 Å². The predicted octanol–water partition coefficient (Wildman–Crippen LogP) is 7.52. The van der Waals surface area contributed by atoms with Crippen LogP contribution in [0.15, 0.2) is 182 Å². The van der Waals surface area contributed by atoms with E-state index in [1.807, 2.05) is 121 Å². The number of fused-ring (bicyclic) bond motifs is 3. The molecule has 9 nitrogen and oxygen atoms in total. The fourth-order valence-corrected chi connectivity index (χ4v) is 11.8. The molecule has 2 unspecified atom stereocenters. The quantitative estimate of drug-likeness (QED) is 0.0964. The second-order valence-electron chi connectivity index (χ2n) is 16.8. The van der Waals surface area contributed by atoms with Gasteiger partial charge in [0, 0.05) is 22.5 Å². The first-order valence-corrected chi connectivity index (χ1v) is 24.1. The van der Waals surface area contributed by atoms with Gasteiger partial charge >= 0.3 is 13.7 Å². The summed E-state index contributed by atoms with van der Waals surface area (Å²) in [5, 5.41) is 35.4. The Balaban J connectivity index is 1.34. The maximum Gasteiger partial charge on any atom is 0.328 e. The maximum absolute atomic E-state index is 11.8. The van der Waals surface area contributed by atoms with Gasteiger partial charge < -0.3 is 29.1 Å². The Kier molecular flexibility index (Phi) is 11.6. The lowest BCUT2D eigenvalue weighted by atomic mass is 9.48. The fraction of sp³-hybridized carbons (Fsp3) is 0.0714. The Morgan fingerprint density at radius 2 is 1.30 bits per heavy atom. The molecule has 1 aliphatic heterocycles. The normalized spacial score (nSPS) is 13.9. The number of phenols is 1. The van der Waals surface area contributed by atoms with E-state index in [-0.39, 0.29) is 12.4 Å². The minimum absolute atomic E-state index is 0.110.